The molecule has 0 aromatic heterocycles. The molecule has 1 aliphatic heterocycles. The molecule has 1 aliphatic rings. The maximum atomic E-state index is 11.7. The van der Waals surface area contributed by atoms with E-state index in [-0.39, 0.29) is 5.91 Å². The smallest absolute Gasteiger partial charge is 0.244 e. The van der Waals surface area contributed by atoms with E-state index in [0.29, 0.717) is 11.6 Å². The van der Waals surface area contributed by atoms with Crippen LogP contribution >= 0.6 is 11.6 Å². The van der Waals surface area contributed by atoms with Crippen LogP contribution in [0.3, 0.4) is 0 Å². The van der Waals surface area contributed by atoms with Crippen LogP contribution in [0.1, 0.15) is 5.56 Å². The lowest BCUT2D eigenvalue weighted by Gasteiger charge is -2.26. The number of morpholine rings is 1. The molecule has 0 unspecified atom stereocenters. The molecule has 1 saturated heterocycles. The predicted octanol–water partition coefficient (Wildman–Crippen LogP) is 1.80. The largest absolute Gasteiger partial charge is 0.379 e. The minimum absolute atomic E-state index is 0.0989. The van der Waals surface area contributed by atoms with Crippen LogP contribution in [-0.2, 0) is 9.53 Å². The molecule has 1 N–H and O–H groups in total. The number of carbonyl (C=O) groups is 1. The number of rotatable bonds is 5. The summed E-state index contributed by atoms with van der Waals surface area (Å²) < 4.78 is 5.27. The zero-order chi connectivity index (χ0) is 14.2. The second kappa shape index (κ2) is 8.04. The van der Waals surface area contributed by atoms with Gasteiger partial charge in [-0.1, -0.05) is 29.8 Å². The van der Waals surface area contributed by atoms with Gasteiger partial charge in [-0.2, -0.15) is 0 Å². The van der Waals surface area contributed by atoms with Crippen LogP contribution in [0.25, 0.3) is 6.08 Å². The number of ether oxygens (including phenoxy) is 1. The molecule has 1 heterocycles. The molecule has 20 heavy (non-hydrogen) atoms. The molecule has 5 heteroatoms. The van der Waals surface area contributed by atoms with Gasteiger partial charge in [0.15, 0.2) is 0 Å². The summed E-state index contributed by atoms with van der Waals surface area (Å²) in [5.41, 5.74) is 0.845. The summed E-state index contributed by atoms with van der Waals surface area (Å²) in [4.78, 5) is 14.0. The molecule has 1 amide bonds. The molecule has 0 saturated carbocycles. The standard InChI is InChI=1S/C15H19ClN2O2/c16-14-4-2-1-3-13(14)5-6-15(19)17-7-8-18-9-11-20-12-10-18/h1-6H,7-12H2,(H,17,19). The van der Waals surface area contributed by atoms with Crippen LogP contribution < -0.4 is 5.32 Å². The van der Waals surface area contributed by atoms with Gasteiger partial charge in [0.25, 0.3) is 0 Å². The molecule has 108 valence electrons. The van der Waals surface area contributed by atoms with Crippen LogP contribution in [0, 0.1) is 0 Å². The Morgan fingerprint density at radius 3 is 2.85 bits per heavy atom. The summed E-state index contributed by atoms with van der Waals surface area (Å²) in [7, 11) is 0. The molecule has 0 spiro atoms. The maximum Gasteiger partial charge on any atom is 0.244 e. The maximum absolute atomic E-state index is 11.7. The van der Waals surface area contributed by atoms with Crippen LogP contribution in [0.2, 0.25) is 5.02 Å². The van der Waals surface area contributed by atoms with Crippen molar-refractivity contribution in [3.05, 3.63) is 40.9 Å². The Bertz CT molecular complexity index is 471. The van der Waals surface area contributed by atoms with E-state index < -0.39 is 0 Å². The summed E-state index contributed by atoms with van der Waals surface area (Å²) in [6.45, 7) is 4.93. The Balaban J connectivity index is 1.71. The third-order valence-corrected chi connectivity index (χ3v) is 3.49. The van der Waals surface area contributed by atoms with Crippen LogP contribution in [0.15, 0.2) is 30.3 Å². The minimum Gasteiger partial charge on any atom is -0.379 e. The molecule has 1 aromatic carbocycles. The molecule has 1 fully saturated rings. The Hall–Kier alpha value is -1.36. The van der Waals surface area contributed by atoms with Gasteiger partial charge in [-0.25, -0.2) is 0 Å². The lowest BCUT2D eigenvalue weighted by molar-refractivity contribution is -0.116. The van der Waals surface area contributed by atoms with Crippen molar-refractivity contribution in [3.8, 4) is 0 Å². The van der Waals surface area contributed by atoms with Gasteiger partial charge in [0, 0.05) is 37.3 Å². The number of amides is 1. The van der Waals surface area contributed by atoms with Crippen LogP contribution in [-0.4, -0.2) is 50.2 Å². The third-order valence-electron chi connectivity index (χ3n) is 3.15. The van der Waals surface area contributed by atoms with Crippen molar-refractivity contribution in [2.24, 2.45) is 0 Å². The van der Waals surface area contributed by atoms with Gasteiger partial charge in [0.1, 0.15) is 0 Å². The molecular weight excluding hydrogens is 276 g/mol. The third kappa shape index (κ3) is 4.96. The van der Waals surface area contributed by atoms with E-state index in [2.05, 4.69) is 10.2 Å². The highest BCUT2D eigenvalue weighted by Crippen LogP contribution is 2.15. The molecule has 1 aromatic rings. The van der Waals surface area contributed by atoms with Crippen molar-refractivity contribution >= 4 is 23.6 Å². The monoisotopic (exact) mass is 294 g/mol. The van der Waals surface area contributed by atoms with E-state index in [1.54, 1.807) is 12.1 Å². The van der Waals surface area contributed by atoms with E-state index >= 15 is 0 Å². The lowest BCUT2D eigenvalue weighted by atomic mass is 10.2. The van der Waals surface area contributed by atoms with Crippen molar-refractivity contribution in [2.45, 2.75) is 0 Å². The van der Waals surface area contributed by atoms with Crippen LogP contribution in [0.5, 0.6) is 0 Å². The number of hydrogen-bond acceptors (Lipinski definition) is 3. The Morgan fingerprint density at radius 2 is 2.10 bits per heavy atom. The van der Waals surface area contributed by atoms with Gasteiger partial charge in [-0.05, 0) is 17.7 Å². The number of nitrogens with one attached hydrogen (secondary N) is 1. The van der Waals surface area contributed by atoms with Crippen molar-refractivity contribution in [2.75, 3.05) is 39.4 Å². The predicted molar refractivity (Wildman–Crippen MR) is 80.8 cm³/mol. The van der Waals surface area contributed by atoms with E-state index in [0.717, 1.165) is 38.4 Å². The second-order valence-corrected chi connectivity index (χ2v) is 5.01. The average molecular weight is 295 g/mol. The normalized spacial score (nSPS) is 16.4. The van der Waals surface area contributed by atoms with Gasteiger partial charge in [-0.3, -0.25) is 9.69 Å². The highest BCUT2D eigenvalue weighted by molar-refractivity contribution is 6.32. The number of hydrogen-bond donors (Lipinski definition) is 1. The van der Waals surface area contributed by atoms with Crippen molar-refractivity contribution in [3.63, 3.8) is 0 Å². The Labute approximate surface area is 124 Å². The van der Waals surface area contributed by atoms with Gasteiger partial charge < -0.3 is 10.1 Å². The van der Waals surface area contributed by atoms with E-state index in [1.807, 2.05) is 18.2 Å². The molecule has 0 atom stereocenters. The fraction of sp³-hybridized carbons (Fsp3) is 0.400. The zero-order valence-corrected chi connectivity index (χ0v) is 12.1. The van der Waals surface area contributed by atoms with Gasteiger partial charge in [0.2, 0.25) is 5.91 Å². The fourth-order valence-electron chi connectivity index (χ4n) is 2.00. The van der Waals surface area contributed by atoms with E-state index in [9.17, 15) is 4.79 Å². The Morgan fingerprint density at radius 1 is 1.35 bits per heavy atom. The SMILES string of the molecule is O=C(C=Cc1ccccc1Cl)NCCN1CCOCC1. The topological polar surface area (TPSA) is 41.6 Å². The number of carbonyl (C=O) groups excluding carboxylic acids is 1. The first-order chi connectivity index (χ1) is 9.75. The molecule has 0 bridgehead atoms. The first kappa shape index (κ1) is 15.0. The summed E-state index contributed by atoms with van der Waals surface area (Å²) in [5, 5.41) is 3.51. The van der Waals surface area contributed by atoms with E-state index in [4.69, 9.17) is 16.3 Å². The summed E-state index contributed by atoms with van der Waals surface area (Å²) in [6.07, 6.45) is 3.24. The molecule has 0 aliphatic carbocycles. The lowest BCUT2D eigenvalue weighted by Crippen LogP contribution is -2.41. The summed E-state index contributed by atoms with van der Waals surface area (Å²) in [6, 6.07) is 7.43. The van der Waals surface area contributed by atoms with Gasteiger partial charge >= 0.3 is 0 Å². The van der Waals surface area contributed by atoms with E-state index in [1.165, 1.54) is 6.08 Å². The van der Waals surface area contributed by atoms with Crippen molar-refractivity contribution in [1.82, 2.24) is 10.2 Å². The summed E-state index contributed by atoms with van der Waals surface area (Å²) >= 11 is 6.01. The minimum atomic E-state index is -0.0989. The molecule has 2 rings (SSSR count). The molecule has 0 radical (unpaired) electrons. The van der Waals surface area contributed by atoms with Gasteiger partial charge in [0.05, 0.1) is 13.2 Å². The fourth-order valence-corrected chi connectivity index (χ4v) is 2.20. The average Bonchev–Trinajstić information content (AvgIpc) is 2.47. The first-order valence-electron chi connectivity index (χ1n) is 6.76. The second-order valence-electron chi connectivity index (χ2n) is 4.60. The summed E-state index contributed by atoms with van der Waals surface area (Å²) in [5.74, 6) is -0.0989. The first-order valence-corrected chi connectivity index (χ1v) is 7.14. The number of halogens is 1. The zero-order valence-electron chi connectivity index (χ0n) is 11.3. The van der Waals surface area contributed by atoms with Gasteiger partial charge in [-0.15, -0.1) is 0 Å². The van der Waals surface area contributed by atoms with Crippen molar-refractivity contribution < 1.29 is 9.53 Å². The van der Waals surface area contributed by atoms with Crippen LogP contribution in [0.4, 0.5) is 0 Å². The number of nitrogens with zero attached hydrogens (tertiary/aromatic N) is 1. The quantitative estimate of drug-likeness (QED) is 0.842. The molecule has 4 nitrogen and oxygen atoms in total. The van der Waals surface area contributed by atoms with Crippen molar-refractivity contribution in [1.29, 1.82) is 0 Å². The molecular formula is C15H19ClN2O2. The Kier molecular flexibility index (Phi) is 6.05. The highest BCUT2D eigenvalue weighted by Gasteiger charge is 2.09. The highest BCUT2D eigenvalue weighted by atomic mass is 35.5. The number of benzene rings is 1.